The summed E-state index contributed by atoms with van der Waals surface area (Å²) in [5, 5.41) is 0. The minimum absolute atomic E-state index is 0.618. The quantitative estimate of drug-likeness (QED) is 0.508. The van der Waals surface area contributed by atoms with Gasteiger partial charge < -0.3 is 23.8 Å². The monoisotopic (exact) mass is 279 g/mol. The first kappa shape index (κ1) is 21.1. The second-order valence-corrected chi connectivity index (χ2v) is 3.83. The second-order valence-electron chi connectivity index (χ2n) is 3.83. The molecule has 0 aromatic heterocycles. The largest absolute Gasteiger partial charge is 0.382 e. The molecule has 0 aromatic rings. The van der Waals surface area contributed by atoms with Crippen molar-refractivity contribution >= 4 is 0 Å². The van der Waals surface area contributed by atoms with Crippen molar-refractivity contribution in [3.63, 3.8) is 0 Å². The van der Waals surface area contributed by atoms with E-state index in [0.717, 1.165) is 0 Å². The molecule has 0 unspecified atom stereocenters. The third kappa shape index (κ3) is 20.3. The topological polar surface area (TPSA) is 40.2 Å². The van der Waals surface area contributed by atoms with Crippen molar-refractivity contribution in [2.24, 2.45) is 0 Å². The lowest BCUT2D eigenvalue weighted by Gasteiger charge is -2.13. The highest BCUT2D eigenvalue weighted by Crippen LogP contribution is 1.81. The van der Waals surface area contributed by atoms with E-state index in [9.17, 15) is 0 Å². The van der Waals surface area contributed by atoms with E-state index in [1.54, 1.807) is 14.2 Å². The fraction of sp³-hybridized carbons (Fsp3) is 1.00. The Labute approximate surface area is 119 Å². The summed E-state index contributed by atoms with van der Waals surface area (Å²) in [6.45, 7) is 13.9. The molecule has 118 valence electrons. The maximum atomic E-state index is 5.16. The average molecular weight is 279 g/mol. The number of hydrogen-bond acceptors (Lipinski definition) is 5. The molecular weight excluding hydrogens is 246 g/mol. The summed E-state index contributed by atoms with van der Waals surface area (Å²) in [6.07, 6.45) is 0. The molecule has 0 bridgehead atoms. The molecular formula is C14H33NO4. The number of rotatable bonds is 12. The molecule has 0 amide bonds. The van der Waals surface area contributed by atoms with Gasteiger partial charge >= 0.3 is 0 Å². The van der Waals surface area contributed by atoms with Gasteiger partial charge in [-0.3, -0.25) is 0 Å². The molecule has 0 aromatic carbocycles. The summed E-state index contributed by atoms with van der Waals surface area (Å²) < 4.78 is 19.9. The van der Waals surface area contributed by atoms with Gasteiger partial charge in [0.15, 0.2) is 0 Å². The molecule has 0 N–H and O–H groups in total. The minimum atomic E-state index is 0.618. The molecule has 0 aliphatic carbocycles. The van der Waals surface area contributed by atoms with Crippen LogP contribution in [0.25, 0.3) is 0 Å². The molecule has 5 nitrogen and oxygen atoms in total. The van der Waals surface area contributed by atoms with Crippen LogP contribution in [-0.4, -0.2) is 78.4 Å². The summed E-state index contributed by atoms with van der Waals surface area (Å²) in [5.41, 5.74) is 0. The van der Waals surface area contributed by atoms with Crippen molar-refractivity contribution in [1.29, 1.82) is 0 Å². The smallest absolute Gasteiger partial charge is 0.0701 e. The van der Waals surface area contributed by atoms with Gasteiger partial charge in [-0.2, -0.15) is 0 Å². The minimum Gasteiger partial charge on any atom is -0.382 e. The summed E-state index contributed by atoms with van der Waals surface area (Å²) >= 11 is 0. The van der Waals surface area contributed by atoms with Gasteiger partial charge in [-0.25, -0.2) is 0 Å². The van der Waals surface area contributed by atoms with Gasteiger partial charge in [0.05, 0.1) is 39.6 Å². The summed E-state index contributed by atoms with van der Waals surface area (Å²) in [6, 6.07) is 0. The Morgan fingerprint density at radius 3 is 1.11 bits per heavy atom. The highest BCUT2D eigenvalue weighted by atomic mass is 16.5. The fourth-order valence-electron chi connectivity index (χ4n) is 1.28. The third-order valence-electron chi connectivity index (χ3n) is 2.58. The molecule has 0 aliphatic rings. The van der Waals surface area contributed by atoms with Gasteiger partial charge in [0, 0.05) is 14.2 Å². The van der Waals surface area contributed by atoms with E-state index in [2.05, 4.69) is 25.7 Å². The van der Waals surface area contributed by atoms with Crippen molar-refractivity contribution in [2.45, 2.75) is 20.8 Å². The summed E-state index contributed by atoms with van der Waals surface area (Å²) in [5.74, 6) is 0. The molecule has 0 fully saturated rings. The zero-order valence-corrected chi connectivity index (χ0v) is 13.4. The predicted octanol–water partition coefficient (Wildman–Crippen LogP) is 1.66. The molecule has 0 aliphatic heterocycles. The van der Waals surface area contributed by atoms with Crippen LogP contribution >= 0.6 is 0 Å². The van der Waals surface area contributed by atoms with Crippen LogP contribution in [0.5, 0.6) is 0 Å². The Morgan fingerprint density at radius 2 is 0.895 bits per heavy atom. The Bertz CT molecular complexity index is 128. The lowest BCUT2D eigenvalue weighted by Crippen LogP contribution is -2.21. The van der Waals surface area contributed by atoms with E-state index in [0.29, 0.717) is 39.6 Å². The lowest BCUT2D eigenvalue weighted by atomic mass is 10.5. The van der Waals surface area contributed by atoms with E-state index in [1.807, 2.05) is 0 Å². The normalized spacial score (nSPS) is 10.4. The molecule has 0 radical (unpaired) electrons. The lowest BCUT2D eigenvalue weighted by molar-refractivity contribution is 0.0106. The van der Waals surface area contributed by atoms with Crippen LogP contribution in [0.15, 0.2) is 0 Å². The van der Waals surface area contributed by atoms with Gasteiger partial charge in [-0.15, -0.1) is 0 Å². The highest BCUT2D eigenvalue weighted by Gasteiger charge is 1.89. The van der Waals surface area contributed by atoms with Crippen molar-refractivity contribution in [1.82, 2.24) is 4.90 Å². The van der Waals surface area contributed by atoms with Gasteiger partial charge in [0.2, 0.25) is 0 Å². The zero-order valence-electron chi connectivity index (χ0n) is 13.4. The predicted molar refractivity (Wildman–Crippen MR) is 78.9 cm³/mol. The molecule has 0 atom stereocenters. The van der Waals surface area contributed by atoms with Crippen LogP contribution < -0.4 is 0 Å². The highest BCUT2D eigenvalue weighted by molar-refractivity contribution is 4.43. The molecule has 0 heterocycles. The van der Waals surface area contributed by atoms with Crippen molar-refractivity contribution in [3.8, 4) is 0 Å². The van der Waals surface area contributed by atoms with Crippen molar-refractivity contribution in [2.75, 3.05) is 73.5 Å². The first-order chi connectivity index (χ1) is 9.26. The Hall–Kier alpha value is -0.200. The van der Waals surface area contributed by atoms with E-state index < -0.39 is 0 Å². The van der Waals surface area contributed by atoms with Crippen LogP contribution in [0.4, 0.5) is 0 Å². The Balaban J connectivity index is 0. The molecule has 0 saturated heterocycles. The van der Waals surface area contributed by atoms with Gasteiger partial charge in [-0.1, -0.05) is 20.8 Å². The SMILES string of the molecule is CCN(CC)CC.COCCOCCOCCOC. The first-order valence-electron chi connectivity index (χ1n) is 7.12. The molecule has 5 heteroatoms. The van der Waals surface area contributed by atoms with Gasteiger partial charge in [0.25, 0.3) is 0 Å². The molecule has 19 heavy (non-hydrogen) atoms. The number of methoxy groups -OCH3 is 2. The van der Waals surface area contributed by atoms with Crippen LogP contribution in [0.1, 0.15) is 20.8 Å². The van der Waals surface area contributed by atoms with Crippen molar-refractivity contribution in [3.05, 3.63) is 0 Å². The molecule has 0 saturated carbocycles. The maximum absolute atomic E-state index is 5.16. The molecule has 0 rings (SSSR count). The Morgan fingerprint density at radius 1 is 0.579 bits per heavy atom. The standard InChI is InChI=1S/C8H18O4.C6H15N/c1-9-3-5-11-7-8-12-6-4-10-2;1-4-7(5-2)6-3/h3-8H2,1-2H3;4-6H2,1-3H3. The molecule has 0 spiro atoms. The van der Waals surface area contributed by atoms with Crippen LogP contribution in [0.2, 0.25) is 0 Å². The van der Waals surface area contributed by atoms with E-state index in [4.69, 9.17) is 18.9 Å². The maximum Gasteiger partial charge on any atom is 0.0701 e. The van der Waals surface area contributed by atoms with Gasteiger partial charge in [0.1, 0.15) is 0 Å². The third-order valence-corrected chi connectivity index (χ3v) is 2.58. The second kappa shape index (κ2) is 20.1. The average Bonchev–Trinajstić information content (AvgIpc) is 2.44. The van der Waals surface area contributed by atoms with Crippen LogP contribution in [-0.2, 0) is 18.9 Å². The summed E-state index contributed by atoms with van der Waals surface area (Å²) in [7, 11) is 3.30. The van der Waals surface area contributed by atoms with Crippen LogP contribution in [0, 0.1) is 0 Å². The zero-order chi connectivity index (χ0) is 14.8. The Kier molecular flexibility index (Phi) is 22.4. The van der Waals surface area contributed by atoms with E-state index >= 15 is 0 Å². The first-order valence-corrected chi connectivity index (χ1v) is 7.12. The van der Waals surface area contributed by atoms with E-state index in [1.165, 1.54) is 19.6 Å². The fourth-order valence-corrected chi connectivity index (χ4v) is 1.28. The van der Waals surface area contributed by atoms with Crippen molar-refractivity contribution < 1.29 is 18.9 Å². The number of hydrogen-bond donors (Lipinski definition) is 0. The number of ether oxygens (including phenoxy) is 4. The summed E-state index contributed by atoms with van der Waals surface area (Å²) in [4.78, 5) is 2.38. The van der Waals surface area contributed by atoms with E-state index in [-0.39, 0.29) is 0 Å². The van der Waals surface area contributed by atoms with Gasteiger partial charge in [-0.05, 0) is 19.6 Å². The van der Waals surface area contributed by atoms with Crippen LogP contribution in [0.3, 0.4) is 0 Å². The number of nitrogens with zero attached hydrogens (tertiary/aromatic N) is 1.